The molecular weight excluding hydrogens is 170 g/mol. The SMILES string of the molecule is C[C@H](NCc1ccccc1)C1(C)CC1. The van der Waals surface area contributed by atoms with E-state index in [2.05, 4.69) is 49.5 Å². The average molecular weight is 189 g/mol. The molecule has 76 valence electrons. The highest BCUT2D eigenvalue weighted by Gasteiger charge is 2.41. The minimum absolute atomic E-state index is 0.578. The van der Waals surface area contributed by atoms with Crippen LogP contribution in [0.15, 0.2) is 30.3 Å². The van der Waals surface area contributed by atoms with E-state index in [4.69, 9.17) is 0 Å². The zero-order valence-corrected chi connectivity index (χ0v) is 9.09. The summed E-state index contributed by atoms with van der Waals surface area (Å²) in [6.07, 6.45) is 2.77. The van der Waals surface area contributed by atoms with E-state index in [0.29, 0.717) is 11.5 Å². The van der Waals surface area contributed by atoms with E-state index in [1.165, 1.54) is 18.4 Å². The van der Waals surface area contributed by atoms with Gasteiger partial charge in [-0.15, -0.1) is 0 Å². The van der Waals surface area contributed by atoms with Gasteiger partial charge in [-0.2, -0.15) is 0 Å². The summed E-state index contributed by atoms with van der Waals surface area (Å²) in [4.78, 5) is 0. The Morgan fingerprint density at radius 2 is 1.93 bits per heavy atom. The van der Waals surface area contributed by atoms with Crippen molar-refractivity contribution < 1.29 is 0 Å². The summed E-state index contributed by atoms with van der Waals surface area (Å²) >= 11 is 0. The van der Waals surface area contributed by atoms with Gasteiger partial charge in [0.25, 0.3) is 0 Å². The van der Waals surface area contributed by atoms with Crippen molar-refractivity contribution in [3.05, 3.63) is 35.9 Å². The van der Waals surface area contributed by atoms with Crippen LogP contribution in [0.25, 0.3) is 0 Å². The predicted octanol–water partition coefficient (Wildman–Crippen LogP) is 2.96. The lowest BCUT2D eigenvalue weighted by atomic mass is 10.0. The van der Waals surface area contributed by atoms with Gasteiger partial charge in [0.15, 0.2) is 0 Å². The van der Waals surface area contributed by atoms with Crippen molar-refractivity contribution in [2.75, 3.05) is 0 Å². The fourth-order valence-electron chi connectivity index (χ4n) is 1.74. The molecule has 0 aliphatic heterocycles. The molecule has 0 spiro atoms. The smallest absolute Gasteiger partial charge is 0.0208 e. The summed E-state index contributed by atoms with van der Waals surface area (Å²) in [6, 6.07) is 11.3. The second kappa shape index (κ2) is 3.74. The lowest BCUT2D eigenvalue weighted by Crippen LogP contribution is -2.32. The van der Waals surface area contributed by atoms with Crippen LogP contribution in [-0.2, 0) is 6.54 Å². The lowest BCUT2D eigenvalue weighted by Gasteiger charge is -2.20. The molecule has 1 aliphatic carbocycles. The van der Waals surface area contributed by atoms with Crippen LogP contribution >= 0.6 is 0 Å². The first-order valence-electron chi connectivity index (χ1n) is 5.48. The molecule has 1 atom stereocenters. The van der Waals surface area contributed by atoms with Gasteiger partial charge in [0.1, 0.15) is 0 Å². The quantitative estimate of drug-likeness (QED) is 0.768. The highest BCUT2D eigenvalue weighted by atomic mass is 14.9. The van der Waals surface area contributed by atoms with E-state index >= 15 is 0 Å². The van der Waals surface area contributed by atoms with Crippen LogP contribution in [0.3, 0.4) is 0 Å². The lowest BCUT2D eigenvalue weighted by molar-refractivity contribution is 0.380. The minimum Gasteiger partial charge on any atom is -0.310 e. The van der Waals surface area contributed by atoms with Gasteiger partial charge in [-0.05, 0) is 30.7 Å². The van der Waals surface area contributed by atoms with Gasteiger partial charge in [-0.3, -0.25) is 0 Å². The highest BCUT2D eigenvalue weighted by Crippen LogP contribution is 2.47. The standard InChI is InChI=1S/C13H19N/c1-11(13(2)8-9-13)14-10-12-6-4-3-5-7-12/h3-7,11,14H,8-10H2,1-2H3/t11-/m0/s1. The van der Waals surface area contributed by atoms with Crippen LogP contribution in [0.1, 0.15) is 32.3 Å². The molecule has 0 amide bonds. The molecule has 0 unspecified atom stereocenters. The predicted molar refractivity (Wildman–Crippen MR) is 60.1 cm³/mol. The van der Waals surface area contributed by atoms with Gasteiger partial charge in [-0.25, -0.2) is 0 Å². The van der Waals surface area contributed by atoms with E-state index in [0.717, 1.165) is 6.54 Å². The summed E-state index contributed by atoms with van der Waals surface area (Å²) in [5.74, 6) is 0. The Hall–Kier alpha value is -0.820. The van der Waals surface area contributed by atoms with Crippen molar-refractivity contribution in [3.63, 3.8) is 0 Å². The Morgan fingerprint density at radius 1 is 1.29 bits per heavy atom. The molecule has 2 rings (SSSR count). The second-order valence-electron chi connectivity index (χ2n) is 4.74. The summed E-state index contributed by atoms with van der Waals surface area (Å²) in [7, 11) is 0. The minimum atomic E-state index is 0.578. The first kappa shape index (κ1) is 9.72. The van der Waals surface area contributed by atoms with Crippen molar-refractivity contribution in [2.24, 2.45) is 5.41 Å². The molecule has 0 heterocycles. The largest absolute Gasteiger partial charge is 0.310 e. The number of hydrogen-bond acceptors (Lipinski definition) is 1. The van der Waals surface area contributed by atoms with Gasteiger partial charge in [0, 0.05) is 12.6 Å². The summed E-state index contributed by atoms with van der Waals surface area (Å²) in [5.41, 5.74) is 1.96. The fraction of sp³-hybridized carbons (Fsp3) is 0.538. The van der Waals surface area contributed by atoms with Gasteiger partial charge in [-0.1, -0.05) is 37.3 Å². The first-order valence-corrected chi connectivity index (χ1v) is 5.48. The zero-order chi connectivity index (χ0) is 10.0. The molecule has 1 N–H and O–H groups in total. The molecule has 1 aliphatic rings. The summed E-state index contributed by atoms with van der Waals surface area (Å²) in [5, 5.41) is 3.60. The van der Waals surface area contributed by atoms with Crippen molar-refractivity contribution in [1.82, 2.24) is 5.32 Å². The molecule has 0 radical (unpaired) electrons. The van der Waals surface area contributed by atoms with Crippen molar-refractivity contribution in [1.29, 1.82) is 0 Å². The molecule has 14 heavy (non-hydrogen) atoms. The third-order valence-corrected chi connectivity index (χ3v) is 3.54. The zero-order valence-electron chi connectivity index (χ0n) is 9.09. The topological polar surface area (TPSA) is 12.0 Å². The number of nitrogens with one attached hydrogen (secondary N) is 1. The van der Waals surface area contributed by atoms with Gasteiger partial charge >= 0.3 is 0 Å². The average Bonchev–Trinajstić information content (AvgIpc) is 2.96. The van der Waals surface area contributed by atoms with Crippen molar-refractivity contribution in [3.8, 4) is 0 Å². The van der Waals surface area contributed by atoms with E-state index in [-0.39, 0.29) is 0 Å². The van der Waals surface area contributed by atoms with Crippen LogP contribution in [0, 0.1) is 5.41 Å². The molecule has 1 nitrogen and oxygen atoms in total. The maximum Gasteiger partial charge on any atom is 0.0208 e. The van der Waals surface area contributed by atoms with E-state index in [9.17, 15) is 0 Å². The Labute approximate surface area is 86.5 Å². The third-order valence-electron chi connectivity index (χ3n) is 3.54. The molecule has 1 heteroatoms. The van der Waals surface area contributed by atoms with E-state index < -0.39 is 0 Å². The van der Waals surface area contributed by atoms with E-state index in [1.54, 1.807) is 0 Å². The molecule has 1 saturated carbocycles. The fourth-order valence-corrected chi connectivity index (χ4v) is 1.74. The molecule has 1 aromatic rings. The number of rotatable bonds is 4. The molecule has 0 saturated heterocycles. The highest BCUT2D eigenvalue weighted by molar-refractivity contribution is 5.14. The third kappa shape index (κ3) is 2.16. The number of hydrogen-bond donors (Lipinski definition) is 1. The maximum atomic E-state index is 3.60. The Morgan fingerprint density at radius 3 is 2.50 bits per heavy atom. The van der Waals surface area contributed by atoms with Crippen LogP contribution in [0.5, 0.6) is 0 Å². The second-order valence-corrected chi connectivity index (χ2v) is 4.74. The summed E-state index contributed by atoms with van der Waals surface area (Å²) < 4.78 is 0. The Balaban J connectivity index is 1.83. The normalized spacial score (nSPS) is 20.4. The van der Waals surface area contributed by atoms with Gasteiger partial charge in [0.05, 0.1) is 0 Å². The van der Waals surface area contributed by atoms with Gasteiger partial charge in [0.2, 0.25) is 0 Å². The molecule has 0 aromatic heterocycles. The van der Waals surface area contributed by atoms with Crippen molar-refractivity contribution >= 4 is 0 Å². The Bertz CT molecular complexity index is 287. The number of benzene rings is 1. The molecular formula is C13H19N. The van der Waals surface area contributed by atoms with Crippen LogP contribution in [0.4, 0.5) is 0 Å². The molecule has 1 fully saturated rings. The van der Waals surface area contributed by atoms with Crippen molar-refractivity contribution in [2.45, 2.75) is 39.3 Å². The first-order chi connectivity index (χ1) is 6.71. The van der Waals surface area contributed by atoms with Crippen LogP contribution < -0.4 is 5.32 Å². The van der Waals surface area contributed by atoms with Gasteiger partial charge < -0.3 is 5.32 Å². The molecule has 1 aromatic carbocycles. The Kier molecular flexibility index (Phi) is 2.60. The van der Waals surface area contributed by atoms with Crippen LogP contribution in [-0.4, -0.2) is 6.04 Å². The maximum absolute atomic E-state index is 3.60. The van der Waals surface area contributed by atoms with E-state index in [1.807, 2.05) is 0 Å². The molecule has 0 bridgehead atoms. The van der Waals surface area contributed by atoms with Crippen LogP contribution in [0.2, 0.25) is 0 Å². The monoisotopic (exact) mass is 189 g/mol. The summed E-state index contributed by atoms with van der Waals surface area (Å²) in [6.45, 7) is 5.67.